The van der Waals surface area contributed by atoms with Crippen LogP contribution in [0.1, 0.15) is 25.8 Å². The highest BCUT2D eigenvalue weighted by atomic mass is 32.2. The van der Waals surface area contributed by atoms with Gasteiger partial charge in [-0.25, -0.2) is 13.1 Å². The third-order valence-electron chi connectivity index (χ3n) is 2.85. The van der Waals surface area contributed by atoms with Crippen LogP contribution in [-0.4, -0.2) is 20.7 Å². The fourth-order valence-electron chi connectivity index (χ4n) is 1.40. The average molecular weight is 287 g/mol. The summed E-state index contributed by atoms with van der Waals surface area (Å²) in [5, 5.41) is 0. The Morgan fingerprint density at radius 3 is 2.28 bits per heavy atom. The Bertz CT molecular complexity index is 478. The zero-order chi connectivity index (χ0) is 13.8. The van der Waals surface area contributed by atoms with Crippen LogP contribution in [0.15, 0.2) is 29.2 Å². The Hall–Kier alpha value is -0.520. The average Bonchev–Trinajstić information content (AvgIpc) is 2.29. The third-order valence-corrected chi connectivity index (χ3v) is 5.19. The molecule has 0 unspecified atom stereocenters. The summed E-state index contributed by atoms with van der Waals surface area (Å²) in [6.07, 6.45) is 0.765. The molecule has 1 aromatic carbocycles. The zero-order valence-corrected chi connectivity index (χ0v) is 12.8. The topological polar surface area (TPSA) is 46.2 Å². The van der Waals surface area contributed by atoms with Crippen molar-refractivity contribution < 1.29 is 8.42 Å². The van der Waals surface area contributed by atoms with Gasteiger partial charge in [0, 0.05) is 6.54 Å². The van der Waals surface area contributed by atoms with Gasteiger partial charge in [0.25, 0.3) is 0 Å². The molecular formula is C13H21NO2S2. The van der Waals surface area contributed by atoms with Crippen LogP contribution in [0.25, 0.3) is 0 Å². The molecule has 0 radical (unpaired) electrons. The highest BCUT2D eigenvalue weighted by Gasteiger charge is 2.18. The van der Waals surface area contributed by atoms with E-state index in [4.69, 9.17) is 0 Å². The fourth-order valence-corrected chi connectivity index (χ4v) is 2.59. The van der Waals surface area contributed by atoms with Gasteiger partial charge < -0.3 is 0 Å². The molecule has 18 heavy (non-hydrogen) atoms. The van der Waals surface area contributed by atoms with Crippen LogP contribution >= 0.6 is 12.6 Å². The van der Waals surface area contributed by atoms with Gasteiger partial charge in [-0.05, 0) is 36.6 Å². The molecule has 0 saturated carbocycles. The summed E-state index contributed by atoms with van der Waals surface area (Å²) in [4.78, 5) is 0.316. The molecule has 0 saturated heterocycles. The predicted molar refractivity (Wildman–Crippen MR) is 78.6 cm³/mol. The van der Waals surface area contributed by atoms with Crippen molar-refractivity contribution in [3.8, 4) is 0 Å². The first kappa shape index (κ1) is 15.5. The highest BCUT2D eigenvalue weighted by molar-refractivity contribution is 7.89. The summed E-state index contributed by atoms with van der Waals surface area (Å²) in [7, 11) is -3.38. The van der Waals surface area contributed by atoms with Crippen LogP contribution < -0.4 is 4.72 Å². The Balaban J connectivity index is 2.63. The molecule has 0 amide bonds. The van der Waals surface area contributed by atoms with Gasteiger partial charge in [0.05, 0.1) is 4.90 Å². The second-order valence-electron chi connectivity index (χ2n) is 5.28. The summed E-state index contributed by atoms with van der Waals surface area (Å²) in [5.74, 6) is 0.735. The molecule has 0 atom stereocenters. The predicted octanol–water partition coefficient (Wildman–Crippen LogP) is 2.62. The summed E-state index contributed by atoms with van der Waals surface area (Å²) in [6.45, 7) is 6.50. The number of rotatable bonds is 6. The molecular weight excluding hydrogens is 266 g/mol. The van der Waals surface area contributed by atoms with Crippen molar-refractivity contribution in [3.05, 3.63) is 29.8 Å². The van der Waals surface area contributed by atoms with Crippen LogP contribution in [0.3, 0.4) is 0 Å². The van der Waals surface area contributed by atoms with Crippen molar-refractivity contribution in [2.45, 2.75) is 32.1 Å². The number of aryl methyl sites for hydroxylation is 1. The first-order valence-corrected chi connectivity index (χ1v) is 8.06. The maximum Gasteiger partial charge on any atom is 0.240 e. The Morgan fingerprint density at radius 1 is 1.22 bits per heavy atom. The van der Waals surface area contributed by atoms with E-state index in [0.29, 0.717) is 11.4 Å². The van der Waals surface area contributed by atoms with Crippen molar-refractivity contribution in [3.63, 3.8) is 0 Å². The smallest absolute Gasteiger partial charge is 0.211 e. The third kappa shape index (κ3) is 4.63. The molecule has 1 rings (SSSR count). The molecule has 0 aliphatic rings. The van der Waals surface area contributed by atoms with E-state index in [1.807, 2.05) is 6.92 Å². The molecule has 0 spiro atoms. The van der Waals surface area contributed by atoms with Crippen molar-refractivity contribution in [2.24, 2.45) is 5.41 Å². The van der Waals surface area contributed by atoms with Gasteiger partial charge in [0.2, 0.25) is 10.0 Å². The lowest BCUT2D eigenvalue weighted by Gasteiger charge is -2.21. The molecule has 5 heteroatoms. The van der Waals surface area contributed by atoms with Crippen LogP contribution in [0.5, 0.6) is 0 Å². The van der Waals surface area contributed by atoms with E-state index >= 15 is 0 Å². The lowest BCUT2D eigenvalue weighted by Crippen LogP contribution is -2.28. The minimum absolute atomic E-state index is 0.0406. The highest BCUT2D eigenvalue weighted by Crippen LogP contribution is 2.21. The van der Waals surface area contributed by atoms with Crippen molar-refractivity contribution in [2.75, 3.05) is 12.3 Å². The molecule has 0 aromatic heterocycles. The Kier molecular flexibility index (Phi) is 5.25. The first-order chi connectivity index (χ1) is 8.27. The fraction of sp³-hybridized carbons (Fsp3) is 0.538. The van der Waals surface area contributed by atoms with E-state index in [1.165, 1.54) is 0 Å². The summed E-state index contributed by atoms with van der Waals surface area (Å²) in [6, 6.07) is 6.85. The van der Waals surface area contributed by atoms with E-state index in [0.717, 1.165) is 17.7 Å². The van der Waals surface area contributed by atoms with Crippen molar-refractivity contribution in [1.29, 1.82) is 0 Å². The summed E-state index contributed by atoms with van der Waals surface area (Å²) in [5.41, 5.74) is 1.09. The van der Waals surface area contributed by atoms with E-state index in [1.54, 1.807) is 24.3 Å². The first-order valence-electron chi connectivity index (χ1n) is 5.94. The van der Waals surface area contributed by atoms with Crippen LogP contribution in [0.4, 0.5) is 0 Å². The number of hydrogen-bond acceptors (Lipinski definition) is 3. The normalized spacial score (nSPS) is 12.7. The number of hydrogen-bond donors (Lipinski definition) is 2. The molecule has 0 heterocycles. The second kappa shape index (κ2) is 6.08. The zero-order valence-electron chi connectivity index (χ0n) is 11.1. The van der Waals surface area contributed by atoms with Crippen LogP contribution in [-0.2, 0) is 10.0 Å². The number of sulfonamides is 1. The van der Waals surface area contributed by atoms with Crippen molar-refractivity contribution >= 4 is 22.7 Å². The largest absolute Gasteiger partial charge is 0.240 e. The van der Waals surface area contributed by atoms with Gasteiger partial charge in [-0.2, -0.15) is 12.6 Å². The number of thiol groups is 1. The number of nitrogens with one attached hydrogen (secondary N) is 1. The monoisotopic (exact) mass is 287 g/mol. The second-order valence-corrected chi connectivity index (χ2v) is 7.37. The van der Waals surface area contributed by atoms with Crippen molar-refractivity contribution in [1.82, 2.24) is 4.72 Å². The minimum atomic E-state index is -3.38. The number of benzene rings is 1. The van der Waals surface area contributed by atoms with Gasteiger partial charge >= 0.3 is 0 Å². The molecule has 0 bridgehead atoms. The standard InChI is InChI=1S/C13H21NO2S2/c1-11-4-6-12(7-5-11)18(15,16)14-9-8-13(2,3)10-17/h4-7,14,17H,8-10H2,1-3H3. The quantitative estimate of drug-likeness (QED) is 0.790. The molecule has 0 aliphatic carbocycles. The van der Waals surface area contributed by atoms with E-state index in [2.05, 4.69) is 31.2 Å². The van der Waals surface area contributed by atoms with E-state index in [9.17, 15) is 8.42 Å². The van der Waals surface area contributed by atoms with Gasteiger partial charge in [0.15, 0.2) is 0 Å². The molecule has 1 aromatic rings. The maximum absolute atomic E-state index is 12.0. The van der Waals surface area contributed by atoms with Crippen LogP contribution in [0, 0.1) is 12.3 Å². The molecule has 0 fully saturated rings. The van der Waals surface area contributed by atoms with Gasteiger partial charge in [0.1, 0.15) is 0 Å². The Labute approximate surface area is 115 Å². The Morgan fingerprint density at radius 2 is 1.78 bits per heavy atom. The lowest BCUT2D eigenvalue weighted by atomic mass is 9.92. The van der Waals surface area contributed by atoms with Crippen LogP contribution in [0.2, 0.25) is 0 Å². The summed E-state index contributed by atoms with van der Waals surface area (Å²) >= 11 is 4.25. The summed E-state index contributed by atoms with van der Waals surface area (Å²) < 4.78 is 26.6. The SMILES string of the molecule is Cc1ccc(S(=O)(=O)NCCC(C)(C)CS)cc1. The van der Waals surface area contributed by atoms with Gasteiger partial charge in [-0.1, -0.05) is 31.5 Å². The van der Waals surface area contributed by atoms with E-state index < -0.39 is 10.0 Å². The molecule has 102 valence electrons. The maximum atomic E-state index is 12.0. The molecule has 1 N–H and O–H groups in total. The molecule has 0 aliphatic heterocycles. The minimum Gasteiger partial charge on any atom is -0.211 e. The van der Waals surface area contributed by atoms with Gasteiger partial charge in [-0.15, -0.1) is 0 Å². The van der Waals surface area contributed by atoms with Gasteiger partial charge in [-0.3, -0.25) is 0 Å². The lowest BCUT2D eigenvalue weighted by molar-refractivity contribution is 0.388. The van der Waals surface area contributed by atoms with E-state index in [-0.39, 0.29) is 5.41 Å². The molecule has 3 nitrogen and oxygen atoms in total.